The lowest BCUT2D eigenvalue weighted by Crippen LogP contribution is -2.65. The van der Waals surface area contributed by atoms with Crippen molar-refractivity contribution < 1.29 is 43.0 Å². The van der Waals surface area contributed by atoms with Crippen molar-refractivity contribution in [2.24, 2.45) is 0 Å². The standard InChI is InChI=1S/C51H52O9/c1-37-29-45(56-32-39-19-9-3-10-20-39)44(30-43(37)50-54-27-28-55-50)51(52)49(59-35-42-25-15-6-16-26-42)48(58-34-41-23-13-5-14-24-41)47(57-33-40-21-11-4-12-22-40)46(60-51)36-53-31-38-17-7-2-8-18-38/h2-26,29-30,46-50,52H,27-28,31-36H2,1H3/t46-,47-,48+,49-,51+/m1/s1. The highest BCUT2D eigenvalue weighted by atomic mass is 16.7. The zero-order valence-electron chi connectivity index (χ0n) is 33.8. The Bertz CT molecular complexity index is 2180. The molecular formula is C51H52O9. The lowest BCUT2D eigenvalue weighted by molar-refractivity contribution is -0.379. The number of hydrogen-bond acceptors (Lipinski definition) is 9. The van der Waals surface area contributed by atoms with E-state index >= 15 is 0 Å². The summed E-state index contributed by atoms with van der Waals surface area (Å²) in [6, 6.07) is 53.4. The molecule has 0 aliphatic carbocycles. The van der Waals surface area contributed by atoms with Crippen molar-refractivity contribution in [3.63, 3.8) is 0 Å². The van der Waals surface area contributed by atoms with Gasteiger partial charge in [0.1, 0.15) is 36.8 Å². The van der Waals surface area contributed by atoms with Gasteiger partial charge in [-0.05, 0) is 52.4 Å². The van der Waals surface area contributed by atoms with Crippen LogP contribution in [0.25, 0.3) is 0 Å². The molecule has 2 heterocycles. The minimum absolute atomic E-state index is 0.0705. The lowest BCUT2D eigenvalue weighted by Gasteiger charge is -2.50. The summed E-state index contributed by atoms with van der Waals surface area (Å²) in [5, 5.41) is 13.7. The second-order valence-electron chi connectivity index (χ2n) is 15.1. The molecule has 1 N–H and O–H groups in total. The maximum Gasteiger partial charge on any atom is 0.226 e. The fourth-order valence-electron chi connectivity index (χ4n) is 7.69. The summed E-state index contributed by atoms with van der Waals surface area (Å²) in [5.74, 6) is -1.75. The Balaban J connectivity index is 1.25. The summed E-state index contributed by atoms with van der Waals surface area (Å²) >= 11 is 0. The molecule has 2 aliphatic rings. The third-order valence-corrected chi connectivity index (χ3v) is 10.8. The van der Waals surface area contributed by atoms with Gasteiger partial charge in [0, 0.05) is 5.56 Å². The van der Waals surface area contributed by atoms with Gasteiger partial charge in [0.25, 0.3) is 0 Å². The van der Waals surface area contributed by atoms with Crippen LogP contribution in [-0.4, -0.2) is 49.3 Å². The minimum Gasteiger partial charge on any atom is -0.488 e. The van der Waals surface area contributed by atoms with E-state index in [0.717, 1.165) is 38.9 Å². The third kappa shape index (κ3) is 10.4. The second kappa shape index (κ2) is 20.4. The van der Waals surface area contributed by atoms with Gasteiger partial charge in [-0.25, -0.2) is 0 Å². The zero-order chi connectivity index (χ0) is 41.0. The summed E-state index contributed by atoms with van der Waals surface area (Å²) in [6.45, 7) is 4.15. The van der Waals surface area contributed by atoms with Gasteiger partial charge >= 0.3 is 0 Å². The molecule has 5 atom stereocenters. The van der Waals surface area contributed by atoms with Crippen molar-refractivity contribution >= 4 is 0 Å². The van der Waals surface area contributed by atoms with Crippen LogP contribution < -0.4 is 4.74 Å². The van der Waals surface area contributed by atoms with Crippen molar-refractivity contribution in [3.8, 4) is 5.75 Å². The van der Waals surface area contributed by atoms with Crippen LogP contribution in [0.1, 0.15) is 50.8 Å². The van der Waals surface area contributed by atoms with Crippen LogP contribution in [0.3, 0.4) is 0 Å². The largest absolute Gasteiger partial charge is 0.488 e. The third-order valence-electron chi connectivity index (χ3n) is 10.8. The van der Waals surface area contributed by atoms with Gasteiger partial charge in [-0.1, -0.05) is 152 Å². The topological polar surface area (TPSA) is 94.1 Å². The number of aliphatic hydroxyl groups is 1. The summed E-state index contributed by atoms with van der Waals surface area (Å²) in [6.07, 6.45) is -4.27. The van der Waals surface area contributed by atoms with E-state index in [-0.39, 0.29) is 33.0 Å². The smallest absolute Gasteiger partial charge is 0.226 e. The van der Waals surface area contributed by atoms with Crippen LogP contribution in [0.2, 0.25) is 0 Å². The van der Waals surface area contributed by atoms with Crippen molar-refractivity contribution in [2.45, 2.75) is 76.5 Å². The highest BCUT2D eigenvalue weighted by Gasteiger charge is 2.58. The molecule has 310 valence electrons. The Morgan fingerprint density at radius 2 is 1.00 bits per heavy atom. The summed E-state index contributed by atoms with van der Waals surface area (Å²) < 4.78 is 53.0. The van der Waals surface area contributed by atoms with Crippen LogP contribution >= 0.6 is 0 Å². The molecule has 9 heteroatoms. The highest BCUT2D eigenvalue weighted by Crippen LogP contribution is 2.46. The van der Waals surface area contributed by atoms with E-state index in [0.29, 0.717) is 31.1 Å². The predicted octanol–water partition coefficient (Wildman–Crippen LogP) is 9.14. The van der Waals surface area contributed by atoms with Crippen LogP contribution in [0, 0.1) is 6.92 Å². The first kappa shape index (κ1) is 41.5. The van der Waals surface area contributed by atoms with Gasteiger partial charge in [0.15, 0.2) is 6.29 Å². The molecule has 0 bridgehead atoms. The lowest BCUT2D eigenvalue weighted by atomic mass is 9.85. The number of hydrogen-bond donors (Lipinski definition) is 1. The van der Waals surface area contributed by atoms with Gasteiger partial charge in [-0.2, -0.15) is 0 Å². The molecule has 60 heavy (non-hydrogen) atoms. The Morgan fingerprint density at radius 3 is 1.52 bits per heavy atom. The average Bonchev–Trinajstić information content (AvgIpc) is 3.84. The molecule has 0 amide bonds. The van der Waals surface area contributed by atoms with E-state index < -0.39 is 36.5 Å². The van der Waals surface area contributed by atoms with E-state index in [1.54, 1.807) is 0 Å². The molecule has 0 unspecified atom stereocenters. The van der Waals surface area contributed by atoms with E-state index in [9.17, 15) is 5.11 Å². The maximum absolute atomic E-state index is 13.7. The Hall–Kier alpha value is -5.20. The molecule has 0 aromatic heterocycles. The molecule has 0 radical (unpaired) electrons. The number of benzene rings is 6. The first-order chi connectivity index (χ1) is 29.5. The van der Waals surface area contributed by atoms with E-state index in [2.05, 4.69) is 0 Å². The first-order valence-electron chi connectivity index (χ1n) is 20.6. The minimum atomic E-state index is -2.17. The molecule has 9 nitrogen and oxygen atoms in total. The maximum atomic E-state index is 13.7. The normalized spacial score (nSPS) is 21.8. The molecular weight excluding hydrogens is 757 g/mol. The fraction of sp³-hybridized carbons (Fsp3) is 0.294. The molecule has 6 aromatic carbocycles. The predicted molar refractivity (Wildman–Crippen MR) is 227 cm³/mol. The molecule has 0 spiro atoms. The van der Waals surface area contributed by atoms with Gasteiger partial charge < -0.3 is 43.0 Å². The Morgan fingerprint density at radius 1 is 0.550 bits per heavy atom. The van der Waals surface area contributed by atoms with Gasteiger partial charge in [-0.15, -0.1) is 0 Å². The van der Waals surface area contributed by atoms with Gasteiger partial charge in [-0.3, -0.25) is 0 Å². The Labute approximate surface area is 352 Å². The quantitative estimate of drug-likeness (QED) is 0.0913. The Kier molecular flexibility index (Phi) is 14.1. The fourth-order valence-corrected chi connectivity index (χ4v) is 7.69. The molecule has 2 saturated heterocycles. The van der Waals surface area contributed by atoms with Crippen molar-refractivity contribution in [3.05, 3.63) is 208 Å². The second-order valence-corrected chi connectivity index (χ2v) is 15.1. The van der Waals surface area contributed by atoms with Crippen LogP contribution in [0.4, 0.5) is 0 Å². The molecule has 2 fully saturated rings. The van der Waals surface area contributed by atoms with Crippen molar-refractivity contribution in [1.82, 2.24) is 0 Å². The van der Waals surface area contributed by atoms with Crippen LogP contribution in [0.5, 0.6) is 5.75 Å². The van der Waals surface area contributed by atoms with Gasteiger partial charge in [0.05, 0.1) is 51.8 Å². The van der Waals surface area contributed by atoms with Crippen LogP contribution in [0.15, 0.2) is 164 Å². The first-order valence-corrected chi connectivity index (χ1v) is 20.6. The van der Waals surface area contributed by atoms with E-state index in [4.69, 9.17) is 37.9 Å². The number of ether oxygens (including phenoxy) is 8. The average molecular weight is 809 g/mol. The molecule has 0 saturated carbocycles. The SMILES string of the molecule is Cc1cc(OCc2ccccc2)c([C@]2(O)O[C@H](COCc3ccccc3)[C@@H](OCc3ccccc3)[C@H](OCc3ccccc3)[C@H]2OCc2ccccc2)cc1C1OCCO1. The molecule has 6 aromatic rings. The number of rotatable bonds is 18. The van der Waals surface area contributed by atoms with Crippen molar-refractivity contribution in [2.75, 3.05) is 19.8 Å². The van der Waals surface area contributed by atoms with Gasteiger partial charge in [0.2, 0.25) is 5.79 Å². The monoisotopic (exact) mass is 808 g/mol. The molecule has 8 rings (SSSR count). The van der Waals surface area contributed by atoms with Crippen molar-refractivity contribution in [1.29, 1.82) is 0 Å². The van der Waals surface area contributed by atoms with E-state index in [1.807, 2.05) is 171 Å². The highest BCUT2D eigenvalue weighted by molar-refractivity contribution is 5.46. The number of aryl methyl sites for hydroxylation is 1. The zero-order valence-corrected chi connectivity index (χ0v) is 33.8. The molecule has 2 aliphatic heterocycles. The summed E-state index contributed by atoms with van der Waals surface area (Å²) in [5.41, 5.74) is 6.77. The summed E-state index contributed by atoms with van der Waals surface area (Å²) in [7, 11) is 0. The van der Waals surface area contributed by atoms with E-state index in [1.165, 1.54) is 0 Å². The summed E-state index contributed by atoms with van der Waals surface area (Å²) in [4.78, 5) is 0. The van der Waals surface area contributed by atoms with Crippen LogP contribution in [-0.2, 0) is 72.0 Å².